The van der Waals surface area contributed by atoms with Crippen molar-refractivity contribution in [2.75, 3.05) is 0 Å². The summed E-state index contributed by atoms with van der Waals surface area (Å²) < 4.78 is 8.96. The van der Waals surface area contributed by atoms with Gasteiger partial charge in [0.1, 0.15) is 11.2 Å². The van der Waals surface area contributed by atoms with E-state index in [9.17, 15) is 25.5 Å². The summed E-state index contributed by atoms with van der Waals surface area (Å²) in [5.41, 5.74) is 7.81. The first-order chi connectivity index (χ1) is 30.3. The first-order valence-corrected chi connectivity index (χ1v) is 19.8. The topological polar surface area (TPSA) is 156 Å². The number of benzene rings is 8. The van der Waals surface area contributed by atoms with Crippen LogP contribution >= 0.6 is 0 Å². The Bertz CT molecular complexity index is 3420. The molecule has 0 radical (unpaired) electrons. The van der Waals surface area contributed by atoms with Gasteiger partial charge in [0.15, 0.2) is 23.2 Å². The van der Waals surface area contributed by atoms with Crippen LogP contribution in [0.4, 0.5) is 0 Å². The van der Waals surface area contributed by atoms with E-state index in [1.807, 2.05) is 152 Å². The summed E-state index contributed by atoms with van der Waals surface area (Å²) in [4.78, 5) is 14.7. The molecule has 5 N–H and O–H groups in total. The molecule has 8 aromatic carbocycles. The highest BCUT2D eigenvalue weighted by atomic mass is 16.4. The minimum Gasteiger partial charge on any atom is -0.504 e. The van der Waals surface area contributed by atoms with Crippen LogP contribution < -0.4 is 0 Å². The molecule has 10 rings (SSSR count). The van der Waals surface area contributed by atoms with Crippen LogP contribution in [0.5, 0.6) is 28.7 Å². The summed E-state index contributed by atoms with van der Waals surface area (Å²) in [5, 5.41) is 56.4. The Morgan fingerprint density at radius 1 is 0.548 bits per heavy atom. The number of aliphatic imine (C=N–C) groups is 3. The summed E-state index contributed by atoms with van der Waals surface area (Å²) in [7, 11) is 0. The molecular weight excluding hydrogens is 777 g/mol. The van der Waals surface area contributed by atoms with Gasteiger partial charge in [-0.3, -0.25) is 4.99 Å². The van der Waals surface area contributed by atoms with E-state index in [1.165, 1.54) is 0 Å². The lowest BCUT2D eigenvalue weighted by Gasteiger charge is -2.14. The second kappa shape index (κ2) is 15.2. The van der Waals surface area contributed by atoms with Crippen molar-refractivity contribution in [1.29, 1.82) is 0 Å². The lowest BCUT2D eigenvalue weighted by Crippen LogP contribution is -2.06. The van der Waals surface area contributed by atoms with Crippen LogP contribution in [0.1, 0.15) is 16.7 Å². The van der Waals surface area contributed by atoms with Crippen molar-refractivity contribution in [2.24, 2.45) is 15.0 Å². The molecule has 0 bridgehead atoms. The summed E-state index contributed by atoms with van der Waals surface area (Å²) in [6.45, 7) is 4.41. The number of aromatic nitrogens is 1. The van der Waals surface area contributed by atoms with E-state index in [1.54, 1.807) is 12.1 Å². The van der Waals surface area contributed by atoms with Gasteiger partial charge < -0.3 is 34.5 Å². The van der Waals surface area contributed by atoms with E-state index < -0.39 is 28.7 Å². The standard InChI is InChI=1S/C52H36N4O6/c1-53-52(55-51(32-18-9-4-10-19-32)54-29-30-14-5-2-6-15-30)37-27-26-34(31-16-7-3-8-17-31)50-43(37)44-39(22-13-23-41(44)62-50)56-38-21-12-11-20-35(38)36-25-24-33(28-40(36)56)42-45(57)47(59)49(61)48(60)46(42)58/h2-28,57-61H,1,29H2/b54-51-,55-52-. The number of furan rings is 1. The fourth-order valence-corrected chi connectivity index (χ4v) is 8.27. The van der Waals surface area contributed by atoms with Gasteiger partial charge in [0.2, 0.25) is 17.2 Å². The normalized spacial score (nSPS) is 12.2. The van der Waals surface area contributed by atoms with E-state index in [-0.39, 0.29) is 11.1 Å². The Hall–Kier alpha value is -8.63. The average molecular weight is 813 g/mol. The van der Waals surface area contributed by atoms with Gasteiger partial charge in [-0.15, -0.1) is 0 Å². The molecule has 10 nitrogen and oxygen atoms in total. The molecule has 0 aliphatic carbocycles. The molecule has 0 amide bonds. The molecule has 10 heteroatoms. The van der Waals surface area contributed by atoms with Gasteiger partial charge in [0.25, 0.3) is 0 Å². The van der Waals surface area contributed by atoms with Crippen LogP contribution in [0.15, 0.2) is 183 Å². The smallest absolute Gasteiger partial charge is 0.208 e. The van der Waals surface area contributed by atoms with Gasteiger partial charge in [-0.2, -0.15) is 0 Å². The maximum Gasteiger partial charge on any atom is 0.208 e. The van der Waals surface area contributed by atoms with Gasteiger partial charge in [-0.25, -0.2) is 9.98 Å². The molecule has 0 atom stereocenters. The first-order valence-electron chi connectivity index (χ1n) is 19.8. The van der Waals surface area contributed by atoms with Crippen molar-refractivity contribution in [1.82, 2.24) is 4.57 Å². The first kappa shape index (κ1) is 37.6. The lowest BCUT2D eigenvalue weighted by atomic mass is 9.97. The highest BCUT2D eigenvalue weighted by Gasteiger charge is 2.27. The van der Waals surface area contributed by atoms with Gasteiger partial charge in [0.05, 0.1) is 34.2 Å². The molecule has 0 aliphatic heterocycles. The van der Waals surface area contributed by atoms with Crippen LogP contribution in [-0.2, 0) is 6.54 Å². The Balaban J connectivity index is 1.28. The molecule has 300 valence electrons. The summed E-state index contributed by atoms with van der Waals surface area (Å²) in [5.74, 6) is -3.69. The number of rotatable bonds is 7. The van der Waals surface area contributed by atoms with Crippen LogP contribution in [0.2, 0.25) is 0 Å². The predicted octanol–water partition coefficient (Wildman–Crippen LogP) is 11.6. The molecule has 0 unspecified atom stereocenters. The minimum atomic E-state index is -1.03. The lowest BCUT2D eigenvalue weighted by molar-refractivity contribution is 0.330. The third kappa shape index (κ3) is 6.17. The van der Waals surface area contributed by atoms with E-state index in [0.717, 1.165) is 55.0 Å². The highest BCUT2D eigenvalue weighted by molar-refractivity contribution is 6.25. The van der Waals surface area contributed by atoms with Crippen molar-refractivity contribution in [2.45, 2.75) is 6.54 Å². The third-order valence-corrected chi connectivity index (χ3v) is 11.2. The number of aromatic hydroxyl groups is 5. The van der Waals surface area contributed by atoms with E-state index >= 15 is 0 Å². The maximum atomic E-state index is 11.0. The fourth-order valence-electron chi connectivity index (χ4n) is 8.27. The van der Waals surface area contributed by atoms with Crippen molar-refractivity contribution in [3.05, 3.63) is 180 Å². The van der Waals surface area contributed by atoms with E-state index in [4.69, 9.17) is 14.4 Å². The number of nitrogens with zero attached hydrogens (tertiary/aromatic N) is 4. The Morgan fingerprint density at radius 3 is 1.92 bits per heavy atom. The number of hydrogen-bond donors (Lipinski definition) is 5. The molecule has 10 aromatic rings. The van der Waals surface area contributed by atoms with Crippen molar-refractivity contribution in [3.8, 4) is 56.7 Å². The number of amidine groups is 2. The monoisotopic (exact) mass is 812 g/mol. The molecule has 0 saturated heterocycles. The quantitative estimate of drug-likeness (QED) is 0.0467. The van der Waals surface area contributed by atoms with Crippen LogP contribution in [-0.4, -0.2) is 48.5 Å². The molecule has 2 heterocycles. The molecule has 0 aliphatic rings. The second-order valence-corrected chi connectivity index (χ2v) is 14.8. The summed E-state index contributed by atoms with van der Waals surface area (Å²) in [6, 6.07) is 52.8. The summed E-state index contributed by atoms with van der Waals surface area (Å²) in [6.07, 6.45) is 0. The van der Waals surface area contributed by atoms with E-state index in [0.29, 0.717) is 40.5 Å². The third-order valence-electron chi connectivity index (χ3n) is 11.2. The number of phenols is 5. The number of fused-ring (bicyclic) bond motifs is 6. The largest absolute Gasteiger partial charge is 0.504 e. The van der Waals surface area contributed by atoms with Gasteiger partial charge in [-0.05, 0) is 59.8 Å². The molecule has 0 fully saturated rings. The van der Waals surface area contributed by atoms with Crippen LogP contribution in [0, 0.1) is 0 Å². The molecular formula is C52H36N4O6. The predicted molar refractivity (Wildman–Crippen MR) is 246 cm³/mol. The van der Waals surface area contributed by atoms with Crippen molar-refractivity contribution in [3.63, 3.8) is 0 Å². The molecule has 62 heavy (non-hydrogen) atoms. The zero-order valence-corrected chi connectivity index (χ0v) is 32.9. The number of hydrogen-bond acceptors (Lipinski definition) is 7. The summed E-state index contributed by atoms with van der Waals surface area (Å²) >= 11 is 0. The SMILES string of the molecule is C=N/C(=N\C(=N/Cc1ccccc1)c1ccccc1)c1ccc(-c2ccccc2)c2oc3cccc(-n4c5ccccc5c5ccc(-c6c(O)c(O)c(O)c(O)c6O)cc54)c3c12. The van der Waals surface area contributed by atoms with Crippen molar-refractivity contribution < 1.29 is 29.9 Å². The zero-order valence-electron chi connectivity index (χ0n) is 32.9. The van der Waals surface area contributed by atoms with Crippen molar-refractivity contribution >= 4 is 62.1 Å². The van der Waals surface area contributed by atoms with Crippen LogP contribution in [0.25, 0.3) is 71.7 Å². The Labute approximate surface area is 354 Å². The average Bonchev–Trinajstić information content (AvgIpc) is 3.88. The second-order valence-electron chi connectivity index (χ2n) is 14.8. The van der Waals surface area contributed by atoms with Gasteiger partial charge >= 0.3 is 0 Å². The maximum absolute atomic E-state index is 11.0. The molecule has 0 saturated carbocycles. The van der Waals surface area contributed by atoms with Gasteiger partial charge in [0, 0.05) is 32.8 Å². The Kier molecular flexibility index (Phi) is 9.22. The molecule has 0 spiro atoms. The van der Waals surface area contributed by atoms with E-state index in [2.05, 4.69) is 16.3 Å². The van der Waals surface area contributed by atoms with Crippen LogP contribution in [0.3, 0.4) is 0 Å². The minimum absolute atomic E-state index is 0.251. The van der Waals surface area contributed by atoms with Gasteiger partial charge in [-0.1, -0.05) is 127 Å². The number of para-hydroxylation sites is 1. The highest BCUT2D eigenvalue weighted by Crippen LogP contribution is 2.55. The Morgan fingerprint density at radius 2 is 1.19 bits per heavy atom. The zero-order chi connectivity index (χ0) is 42.5. The molecule has 2 aromatic heterocycles. The number of phenolic OH excluding ortho intramolecular Hbond substituents is 5. The fraction of sp³-hybridized carbons (Fsp3) is 0.0192.